The molecule has 0 rings (SSSR count). The maximum absolute atomic E-state index is 12.8. The Morgan fingerprint density at radius 3 is 1.21 bits per heavy atom. The smallest absolute Gasteiger partial charge is 0.334 e. The summed E-state index contributed by atoms with van der Waals surface area (Å²) in [5, 5.41) is 0. The van der Waals surface area contributed by atoms with Crippen molar-refractivity contribution in [2.75, 3.05) is 13.2 Å². The summed E-state index contributed by atoms with van der Waals surface area (Å²) in [6.07, 6.45) is 14.7. The molecule has 0 bridgehead atoms. The fraction of sp³-hybridized carbons (Fsp3) is 0.840. The van der Waals surface area contributed by atoms with Crippen LogP contribution in [0.15, 0.2) is 11.1 Å². The first-order chi connectivity index (χ1) is 14.1. The van der Waals surface area contributed by atoms with E-state index in [2.05, 4.69) is 27.7 Å². The van der Waals surface area contributed by atoms with Crippen LogP contribution in [0.4, 0.5) is 0 Å². The molecule has 0 aliphatic carbocycles. The molecule has 0 saturated heterocycles. The Balaban J connectivity index is 5.33. The van der Waals surface area contributed by atoms with Crippen molar-refractivity contribution >= 4 is 11.9 Å². The van der Waals surface area contributed by atoms with Gasteiger partial charge in [0, 0.05) is 11.1 Å². The zero-order valence-corrected chi connectivity index (χ0v) is 19.7. The van der Waals surface area contributed by atoms with Gasteiger partial charge in [0.05, 0.1) is 13.2 Å². The number of unbranched alkanes of at least 4 members (excludes halogenated alkanes) is 9. The van der Waals surface area contributed by atoms with Crippen molar-refractivity contribution < 1.29 is 19.1 Å². The van der Waals surface area contributed by atoms with Crippen LogP contribution in [0.1, 0.15) is 124 Å². The highest BCUT2D eigenvalue weighted by Crippen LogP contribution is 2.23. The lowest BCUT2D eigenvalue weighted by molar-refractivity contribution is -0.142. The lowest BCUT2D eigenvalue weighted by atomic mass is 9.96. The van der Waals surface area contributed by atoms with Gasteiger partial charge in [-0.15, -0.1) is 0 Å². The van der Waals surface area contributed by atoms with E-state index in [0.717, 1.165) is 64.2 Å². The zero-order chi connectivity index (χ0) is 21.7. The summed E-state index contributed by atoms with van der Waals surface area (Å²) < 4.78 is 11.0. The van der Waals surface area contributed by atoms with Gasteiger partial charge in [0.25, 0.3) is 0 Å². The van der Waals surface area contributed by atoms with E-state index in [9.17, 15) is 9.59 Å². The van der Waals surface area contributed by atoms with Gasteiger partial charge in [-0.3, -0.25) is 0 Å². The Morgan fingerprint density at radius 2 is 0.828 bits per heavy atom. The Labute approximate surface area is 179 Å². The normalized spacial score (nSPS) is 11.9. The van der Waals surface area contributed by atoms with Crippen LogP contribution >= 0.6 is 0 Å². The third-order valence-electron chi connectivity index (χ3n) is 5.13. The van der Waals surface area contributed by atoms with Gasteiger partial charge in [-0.2, -0.15) is 0 Å². The fourth-order valence-electron chi connectivity index (χ4n) is 3.18. The molecule has 4 nitrogen and oxygen atoms in total. The van der Waals surface area contributed by atoms with Crippen molar-refractivity contribution in [2.24, 2.45) is 0 Å². The zero-order valence-electron chi connectivity index (χ0n) is 19.7. The summed E-state index contributed by atoms with van der Waals surface area (Å²) >= 11 is 0. The Bertz CT molecular complexity index is 454. The minimum absolute atomic E-state index is 0.313. The number of hydrogen-bond donors (Lipinski definition) is 0. The van der Waals surface area contributed by atoms with Crippen molar-refractivity contribution in [3.63, 3.8) is 0 Å². The number of esters is 2. The van der Waals surface area contributed by atoms with Crippen LogP contribution in [0.25, 0.3) is 0 Å². The quantitative estimate of drug-likeness (QED) is 0.127. The molecule has 0 aliphatic rings. The monoisotopic (exact) mass is 410 g/mol. The molecule has 0 amide bonds. The lowest BCUT2D eigenvalue weighted by Crippen LogP contribution is -2.18. The highest BCUT2D eigenvalue weighted by Gasteiger charge is 2.23. The van der Waals surface area contributed by atoms with E-state index in [1.807, 2.05) is 0 Å². The van der Waals surface area contributed by atoms with Crippen LogP contribution in [0.2, 0.25) is 0 Å². The molecule has 0 radical (unpaired) electrons. The van der Waals surface area contributed by atoms with E-state index in [1.165, 1.54) is 19.3 Å². The molecule has 0 fully saturated rings. The van der Waals surface area contributed by atoms with Crippen LogP contribution < -0.4 is 0 Å². The number of carbonyl (C=O) groups excluding carboxylic acids is 2. The summed E-state index contributed by atoms with van der Waals surface area (Å²) in [4.78, 5) is 25.6. The van der Waals surface area contributed by atoms with Crippen molar-refractivity contribution in [3.05, 3.63) is 11.1 Å². The molecule has 0 unspecified atom stereocenters. The van der Waals surface area contributed by atoms with E-state index in [4.69, 9.17) is 9.47 Å². The van der Waals surface area contributed by atoms with Crippen LogP contribution in [0, 0.1) is 0 Å². The molecule has 29 heavy (non-hydrogen) atoms. The van der Waals surface area contributed by atoms with Gasteiger partial charge in [0.2, 0.25) is 0 Å². The van der Waals surface area contributed by atoms with E-state index < -0.39 is 0 Å². The van der Waals surface area contributed by atoms with E-state index in [-0.39, 0.29) is 11.9 Å². The average Bonchev–Trinajstić information content (AvgIpc) is 2.71. The summed E-state index contributed by atoms with van der Waals surface area (Å²) in [5.41, 5.74) is 1.13. The Hall–Kier alpha value is -1.32. The van der Waals surface area contributed by atoms with E-state index >= 15 is 0 Å². The predicted molar refractivity (Wildman–Crippen MR) is 121 cm³/mol. The molecule has 0 aromatic carbocycles. The van der Waals surface area contributed by atoms with Crippen LogP contribution in [-0.2, 0) is 19.1 Å². The minimum Gasteiger partial charge on any atom is -0.462 e. The second-order valence-corrected chi connectivity index (χ2v) is 7.91. The maximum atomic E-state index is 12.8. The Kier molecular flexibility index (Phi) is 19.1. The summed E-state index contributed by atoms with van der Waals surface area (Å²) in [7, 11) is 0. The maximum Gasteiger partial charge on any atom is 0.334 e. The Morgan fingerprint density at radius 1 is 0.483 bits per heavy atom. The molecule has 0 spiro atoms. The second-order valence-electron chi connectivity index (χ2n) is 7.91. The molecule has 0 N–H and O–H groups in total. The molecule has 0 heterocycles. The summed E-state index contributed by atoms with van der Waals surface area (Å²) in [5.74, 6) is -0.627. The molecule has 0 aromatic heterocycles. The summed E-state index contributed by atoms with van der Waals surface area (Å²) in [6.45, 7) is 9.34. The topological polar surface area (TPSA) is 52.6 Å². The first-order valence-corrected chi connectivity index (χ1v) is 12.2. The summed E-state index contributed by atoms with van der Waals surface area (Å²) in [6, 6.07) is 0. The standard InChI is InChI=1S/C25H46O4/c1-5-9-13-15-17-19-23(25(27)29-21-12-8-4)22(18-16-14-10-6-2)24(26)28-20-11-7-3/h5-21H2,1-4H3/b23-22-. The molecule has 0 atom stereocenters. The number of hydrogen-bond acceptors (Lipinski definition) is 4. The fourth-order valence-corrected chi connectivity index (χ4v) is 3.18. The van der Waals surface area contributed by atoms with Crippen molar-refractivity contribution in [1.29, 1.82) is 0 Å². The minimum atomic E-state index is -0.314. The van der Waals surface area contributed by atoms with Crippen LogP contribution in [-0.4, -0.2) is 25.2 Å². The number of ether oxygens (including phenoxy) is 2. The van der Waals surface area contributed by atoms with Gasteiger partial charge < -0.3 is 9.47 Å². The van der Waals surface area contributed by atoms with Crippen molar-refractivity contribution in [2.45, 2.75) is 124 Å². The molecule has 170 valence electrons. The first-order valence-electron chi connectivity index (χ1n) is 12.2. The second kappa shape index (κ2) is 20.0. The molecular weight excluding hydrogens is 364 g/mol. The van der Waals surface area contributed by atoms with Crippen molar-refractivity contribution in [3.8, 4) is 0 Å². The third-order valence-corrected chi connectivity index (χ3v) is 5.13. The molecular formula is C25H46O4. The van der Waals surface area contributed by atoms with Gasteiger partial charge in [0.1, 0.15) is 0 Å². The van der Waals surface area contributed by atoms with Crippen LogP contribution in [0.3, 0.4) is 0 Å². The highest BCUT2D eigenvalue weighted by atomic mass is 16.5. The van der Waals surface area contributed by atoms with Gasteiger partial charge in [-0.1, -0.05) is 85.5 Å². The molecule has 0 saturated carbocycles. The lowest BCUT2D eigenvalue weighted by Gasteiger charge is -2.15. The van der Waals surface area contributed by atoms with E-state index in [1.54, 1.807) is 0 Å². The van der Waals surface area contributed by atoms with E-state index in [0.29, 0.717) is 37.2 Å². The van der Waals surface area contributed by atoms with Gasteiger partial charge >= 0.3 is 11.9 Å². The first kappa shape index (κ1) is 27.7. The molecule has 0 aliphatic heterocycles. The average molecular weight is 411 g/mol. The third kappa shape index (κ3) is 14.3. The number of rotatable bonds is 19. The largest absolute Gasteiger partial charge is 0.462 e. The van der Waals surface area contributed by atoms with Gasteiger partial charge in [-0.05, 0) is 38.5 Å². The van der Waals surface area contributed by atoms with Gasteiger partial charge in [-0.25, -0.2) is 9.59 Å². The van der Waals surface area contributed by atoms with Crippen molar-refractivity contribution in [1.82, 2.24) is 0 Å². The molecule has 0 aromatic rings. The SMILES string of the molecule is CCCCCCC/C(C(=O)OCCCC)=C(\CCCCCC)C(=O)OCCCC. The van der Waals surface area contributed by atoms with Gasteiger partial charge in [0.15, 0.2) is 0 Å². The van der Waals surface area contributed by atoms with Crippen LogP contribution in [0.5, 0.6) is 0 Å². The number of carbonyl (C=O) groups is 2. The highest BCUT2D eigenvalue weighted by molar-refractivity contribution is 6.00. The molecule has 4 heteroatoms. The predicted octanol–water partition coefficient (Wildman–Crippen LogP) is 7.30.